The summed E-state index contributed by atoms with van der Waals surface area (Å²) >= 11 is 0. The van der Waals surface area contributed by atoms with Crippen LogP contribution in [0.5, 0.6) is 0 Å². The van der Waals surface area contributed by atoms with Gasteiger partial charge in [0.05, 0.1) is 5.76 Å². The van der Waals surface area contributed by atoms with Gasteiger partial charge in [-0.1, -0.05) is 0 Å². The molecule has 1 rings (SSSR count). The number of carboxylic acid groups (broad SMARTS) is 1. The predicted octanol–water partition coefficient (Wildman–Crippen LogP) is 2.49. The maximum atomic E-state index is 10.8. The third-order valence-electron chi connectivity index (χ3n) is 2.23. The molecule has 0 fully saturated rings. The molecule has 1 amide bonds. The minimum atomic E-state index is -1.56. The quantitative estimate of drug-likeness (QED) is 0.740. The maximum absolute atomic E-state index is 10.8. The van der Waals surface area contributed by atoms with Gasteiger partial charge in [-0.25, -0.2) is 4.79 Å². The predicted molar refractivity (Wildman–Crippen MR) is 61.3 cm³/mol. The van der Waals surface area contributed by atoms with E-state index in [4.69, 9.17) is 9.53 Å². The zero-order valence-corrected chi connectivity index (χ0v) is 10.8. The van der Waals surface area contributed by atoms with Gasteiger partial charge in [0.25, 0.3) is 0 Å². The normalized spacial score (nSPS) is 22.3. The molecule has 86 valence electrons. The van der Waals surface area contributed by atoms with Gasteiger partial charge in [0.15, 0.2) is 0 Å². The second-order valence-electron chi connectivity index (χ2n) is 4.87. The summed E-state index contributed by atoms with van der Waals surface area (Å²) < 4.78 is 5.86. The summed E-state index contributed by atoms with van der Waals surface area (Å²) in [7, 11) is -1.56. The lowest BCUT2D eigenvalue weighted by atomic mass is 10.1. The molecule has 1 unspecified atom stereocenters. The van der Waals surface area contributed by atoms with Crippen molar-refractivity contribution in [3.8, 4) is 0 Å². The summed E-state index contributed by atoms with van der Waals surface area (Å²) in [6.07, 6.45) is 1.72. The zero-order valence-electron chi connectivity index (χ0n) is 9.78. The van der Waals surface area contributed by atoms with E-state index < -0.39 is 14.4 Å². The molecule has 0 aliphatic carbocycles. The van der Waals surface area contributed by atoms with Crippen LogP contribution in [0.15, 0.2) is 11.8 Å². The van der Waals surface area contributed by atoms with E-state index in [2.05, 4.69) is 19.6 Å². The van der Waals surface area contributed by atoms with Crippen LogP contribution in [0.3, 0.4) is 0 Å². The van der Waals surface area contributed by atoms with E-state index in [-0.39, 0.29) is 6.04 Å². The van der Waals surface area contributed by atoms with Gasteiger partial charge in [-0.05, 0) is 32.6 Å². The van der Waals surface area contributed by atoms with Crippen LogP contribution in [0.2, 0.25) is 19.6 Å². The Balaban J connectivity index is 2.63. The van der Waals surface area contributed by atoms with Crippen LogP contribution in [0.25, 0.3) is 0 Å². The standard InChI is InChI=1S/C10H19NO3Si/c1-8-7-9(14-15(2,3)4)5-6-11(8)10(12)13/h5,8H,6-7H2,1-4H3,(H,12,13). The van der Waals surface area contributed by atoms with Crippen molar-refractivity contribution in [2.24, 2.45) is 0 Å². The summed E-state index contributed by atoms with van der Waals surface area (Å²) in [6, 6.07) is 0.0128. The van der Waals surface area contributed by atoms with Gasteiger partial charge in [-0.3, -0.25) is 0 Å². The molecule has 0 saturated heterocycles. The van der Waals surface area contributed by atoms with Crippen LogP contribution >= 0.6 is 0 Å². The molecule has 1 heterocycles. The highest BCUT2D eigenvalue weighted by atomic mass is 28.4. The van der Waals surface area contributed by atoms with Gasteiger partial charge < -0.3 is 14.4 Å². The van der Waals surface area contributed by atoms with Crippen molar-refractivity contribution in [1.82, 2.24) is 4.90 Å². The van der Waals surface area contributed by atoms with E-state index in [9.17, 15) is 4.79 Å². The van der Waals surface area contributed by atoms with Gasteiger partial charge >= 0.3 is 6.09 Å². The molecule has 0 aromatic heterocycles. The molecule has 1 aliphatic heterocycles. The Morgan fingerprint density at radius 1 is 1.60 bits per heavy atom. The van der Waals surface area contributed by atoms with Crippen molar-refractivity contribution in [3.05, 3.63) is 11.8 Å². The smallest absolute Gasteiger partial charge is 0.407 e. The Kier molecular flexibility index (Phi) is 3.44. The second kappa shape index (κ2) is 4.26. The third kappa shape index (κ3) is 3.58. The lowest BCUT2D eigenvalue weighted by Gasteiger charge is -2.33. The van der Waals surface area contributed by atoms with Crippen molar-refractivity contribution >= 4 is 14.4 Å². The first-order valence-electron chi connectivity index (χ1n) is 5.17. The topological polar surface area (TPSA) is 49.8 Å². The lowest BCUT2D eigenvalue weighted by Crippen LogP contribution is -2.41. The highest BCUT2D eigenvalue weighted by Gasteiger charge is 2.26. The Bertz CT molecular complexity index is 283. The largest absolute Gasteiger partial charge is 0.547 e. The Hall–Kier alpha value is -0.973. The highest BCUT2D eigenvalue weighted by molar-refractivity contribution is 6.70. The molecule has 15 heavy (non-hydrogen) atoms. The van der Waals surface area contributed by atoms with Crippen LogP contribution in [0, 0.1) is 0 Å². The minimum absolute atomic E-state index is 0.0128. The van der Waals surface area contributed by atoms with Crippen molar-refractivity contribution in [2.75, 3.05) is 6.54 Å². The average molecular weight is 229 g/mol. The number of amides is 1. The van der Waals surface area contributed by atoms with Gasteiger partial charge in [-0.15, -0.1) is 0 Å². The fourth-order valence-electron chi connectivity index (χ4n) is 1.61. The first-order chi connectivity index (χ1) is 6.79. The van der Waals surface area contributed by atoms with E-state index in [0.29, 0.717) is 13.0 Å². The SMILES string of the molecule is CC1CC(O[Si](C)(C)C)=CCN1C(=O)O. The summed E-state index contributed by atoms with van der Waals surface area (Å²) in [5, 5.41) is 8.89. The van der Waals surface area contributed by atoms with Gasteiger partial charge in [-0.2, -0.15) is 0 Å². The monoisotopic (exact) mass is 229 g/mol. The first kappa shape index (κ1) is 12.1. The van der Waals surface area contributed by atoms with Crippen LogP contribution in [0.4, 0.5) is 4.79 Å². The number of hydrogen-bond donors (Lipinski definition) is 1. The molecule has 1 N–H and O–H groups in total. The molecule has 0 radical (unpaired) electrons. The van der Waals surface area contributed by atoms with Gasteiger partial charge in [0, 0.05) is 19.0 Å². The molecule has 5 heteroatoms. The number of hydrogen-bond acceptors (Lipinski definition) is 2. The number of rotatable bonds is 2. The molecular weight excluding hydrogens is 210 g/mol. The highest BCUT2D eigenvalue weighted by Crippen LogP contribution is 2.21. The van der Waals surface area contributed by atoms with E-state index in [1.807, 2.05) is 13.0 Å². The van der Waals surface area contributed by atoms with Crippen molar-refractivity contribution in [2.45, 2.75) is 39.0 Å². The summed E-state index contributed by atoms with van der Waals surface area (Å²) in [4.78, 5) is 12.2. The van der Waals surface area contributed by atoms with Crippen LogP contribution in [-0.4, -0.2) is 37.0 Å². The van der Waals surface area contributed by atoms with E-state index in [1.54, 1.807) is 0 Å². The van der Waals surface area contributed by atoms with Crippen LogP contribution in [0.1, 0.15) is 13.3 Å². The average Bonchev–Trinajstić information content (AvgIpc) is 1.99. The molecular formula is C10H19NO3Si. The first-order valence-corrected chi connectivity index (χ1v) is 8.58. The van der Waals surface area contributed by atoms with Gasteiger partial charge in [0.2, 0.25) is 8.32 Å². The molecule has 0 aromatic rings. The molecule has 0 spiro atoms. The van der Waals surface area contributed by atoms with E-state index in [0.717, 1.165) is 5.76 Å². The maximum Gasteiger partial charge on any atom is 0.407 e. The second-order valence-corrected chi connectivity index (χ2v) is 9.30. The van der Waals surface area contributed by atoms with Gasteiger partial charge in [0.1, 0.15) is 0 Å². The molecule has 0 bridgehead atoms. The Morgan fingerprint density at radius 2 is 2.20 bits per heavy atom. The van der Waals surface area contributed by atoms with Crippen molar-refractivity contribution < 1.29 is 14.3 Å². The number of carbonyl (C=O) groups is 1. The summed E-state index contributed by atoms with van der Waals surface area (Å²) in [5.74, 6) is 0.958. The summed E-state index contributed by atoms with van der Waals surface area (Å²) in [6.45, 7) is 8.73. The van der Waals surface area contributed by atoms with Crippen molar-refractivity contribution in [1.29, 1.82) is 0 Å². The fourth-order valence-corrected chi connectivity index (χ4v) is 2.56. The number of nitrogens with zero attached hydrogens (tertiary/aromatic N) is 1. The van der Waals surface area contributed by atoms with Crippen LogP contribution in [-0.2, 0) is 4.43 Å². The Morgan fingerprint density at radius 3 is 2.60 bits per heavy atom. The minimum Gasteiger partial charge on any atom is -0.547 e. The zero-order chi connectivity index (χ0) is 11.6. The third-order valence-corrected chi connectivity index (χ3v) is 3.10. The molecule has 1 atom stereocenters. The van der Waals surface area contributed by atoms with Crippen LogP contribution < -0.4 is 0 Å². The lowest BCUT2D eigenvalue weighted by molar-refractivity contribution is 0.126. The van der Waals surface area contributed by atoms with E-state index in [1.165, 1.54) is 4.90 Å². The Labute approximate surface area is 91.7 Å². The summed E-state index contributed by atoms with van der Waals surface area (Å²) in [5.41, 5.74) is 0. The molecule has 1 aliphatic rings. The van der Waals surface area contributed by atoms with E-state index >= 15 is 0 Å². The molecule has 0 saturated carbocycles. The fraction of sp³-hybridized carbons (Fsp3) is 0.700. The molecule has 4 nitrogen and oxygen atoms in total. The molecule has 0 aromatic carbocycles. The van der Waals surface area contributed by atoms with Crippen molar-refractivity contribution in [3.63, 3.8) is 0 Å².